The minimum atomic E-state index is -0.637. The topological polar surface area (TPSA) is 47.6 Å². The molecule has 0 spiro atoms. The zero-order chi connectivity index (χ0) is 6.41. The van der Waals surface area contributed by atoms with Crippen molar-refractivity contribution in [2.75, 3.05) is 6.61 Å². The molecule has 0 unspecified atom stereocenters. The summed E-state index contributed by atoms with van der Waals surface area (Å²) in [6.45, 7) is 2.01. The summed E-state index contributed by atoms with van der Waals surface area (Å²) in [6.07, 6.45) is -0.637. The lowest BCUT2D eigenvalue weighted by Gasteiger charge is -1.98. The molecule has 0 rings (SSSR count). The van der Waals surface area contributed by atoms with Gasteiger partial charge in [0.25, 0.3) is 0 Å². The van der Waals surface area contributed by atoms with Gasteiger partial charge in [-0.05, 0) is 6.92 Å². The maximum Gasteiger partial charge on any atom is 0.432 e. The molecule has 48 valence electrons. The Morgan fingerprint density at radius 3 is 2.88 bits per heavy atom. The van der Waals surface area contributed by atoms with Gasteiger partial charge in [0.2, 0.25) is 0 Å². The van der Waals surface area contributed by atoms with Gasteiger partial charge in [0, 0.05) is 12.9 Å². The molecular formula is C3H7NO3S. The molecule has 0 aliphatic carbocycles. The predicted octanol–water partition coefficient (Wildman–Crippen LogP) is 0.509. The van der Waals surface area contributed by atoms with E-state index in [9.17, 15) is 4.79 Å². The molecule has 0 fully saturated rings. The van der Waals surface area contributed by atoms with Crippen LogP contribution < -0.4 is 5.48 Å². The predicted molar refractivity (Wildman–Crippen MR) is 30.2 cm³/mol. The van der Waals surface area contributed by atoms with E-state index in [1.165, 1.54) is 0 Å². The number of carbonyl (C=O) groups is 1. The molecule has 0 bridgehead atoms. The molecule has 0 aliphatic heterocycles. The second kappa shape index (κ2) is 4.73. The van der Waals surface area contributed by atoms with Crippen LogP contribution in [0.1, 0.15) is 6.92 Å². The van der Waals surface area contributed by atoms with Crippen molar-refractivity contribution >= 4 is 19.0 Å². The quantitative estimate of drug-likeness (QED) is 0.331. The molecule has 0 saturated heterocycles. The minimum Gasteiger partial charge on any atom is -0.448 e. The average molecular weight is 137 g/mol. The third kappa shape index (κ3) is 3.76. The van der Waals surface area contributed by atoms with Crippen LogP contribution in [-0.4, -0.2) is 12.7 Å². The molecule has 8 heavy (non-hydrogen) atoms. The first-order chi connectivity index (χ1) is 3.81. The highest BCUT2D eigenvalue weighted by molar-refractivity contribution is 7.75. The first kappa shape index (κ1) is 7.58. The molecule has 5 heteroatoms. The SMILES string of the molecule is CCOC(=O)NOS. The first-order valence-electron chi connectivity index (χ1n) is 2.04. The van der Waals surface area contributed by atoms with Crippen molar-refractivity contribution in [3.8, 4) is 0 Å². The zero-order valence-electron chi connectivity index (χ0n) is 4.38. The lowest BCUT2D eigenvalue weighted by atomic mass is 10.9. The Balaban J connectivity index is 3.06. The molecule has 0 saturated carbocycles. The van der Waals surface area contributed by atoms with Gasteiger partial charge in [0.15, 0.2) is 0 Å². The molecule has 4 nitrogen and oxygen atoms in total. The van der Waals surface area contributed by atoms with Crippen LogP contribution in [0, 0.1) is 0 Å². The number of hydroxylamine groups is 1. The summed E-state index contributed by atoms with van der Waals surface area (Å²) in [5.74, 6) is 0. The maximum absolute atomic E-state index is 10.1. The van der Waals surface area contributed by atoms with E-state index in [4.69, 9.17) is 0 Å². The molecule has 0 atom stereocenters. The van der Waals surface area contributed by atoms with Gasteiger partial charge in [-0.2, -0.15) is 5.48 Å². The van der Waals surface area contributed by atoms with Gasteiger partial charge in [0.05, 0.1) is 6.61 Å². The van der Waals surface area contributed by atoms with E-state index in [1.807, 2.05) is 5.48 Å². The zero-order valence-corrected chi connectivity index (χ0v) is 5.27. The fraction of sp³-hybridized carbons (Fsp3) is 0.667. The average Bonchev–Trinajstić information content (AvgIpc) is 1.68. The normalized spacial score (nSPS) is 8.25. The van der Waals surface area contributed by atoms with Crippen LogP contribution >= 0.6 is 12.9 Å². The van der Waals surface area contributed by atoms with Gasteiger partial charge >= 0.3 is 6.09 Å². The third-order valence-electron chi connectivity index (χ3n) is 0.404. The molecular weight excluding hydrogens is 130 g/mol. The van der Waals surface area contributed by atoms with Crippen LogP contribution in [0.15, 0.2) is 0 Å². The van der Waals surface area contributed by atoms with Gasteiger partial charge in [0.1, 0.15) is 0 Å². The Labute approximate surface area is 52.7 Å². The van der Waals surface area contributed by atoms with Crippen molar-refractivity contribution in [1.29, 1.82) is 0 Å². The van der Waals surface area contributed by atoms with Crippen LogP contribution in [0.2, 0.25) is 0 Å². The van der Waals surface area contributed by atoms with E-state index in [1.54, 1.807) is 6.92 Å². The molecule has 0 heterocycles. The molecule has 0 aromatic carbocycles. The van der Waals surface area contributed by atoms with Crippen LogP contribution in [0.5, 0.6) is 0 Å². The van der Waals surface area contributed by atoms with Crippen molar-refractivity contribution in [3.05, 3.63) is 0 Å². The highest BCUT2D eigenvalue weighted by Crippen LogP contribution is 1.76. The molecule has 0 aliphatic rings. The van der Waals surface area contributed by atoms with E-state index in [-0.39, 0.29) is 0 Å². The van der Waals surface area contributed by atoms with Crippen molar-refractivity contribution in [1.82, 2.24) is 5.48 Å². The van der Waals surface area contributed by atoms with E-state index in [0.717, 1.165) is 0 Å². The summed E-state index contributed by atoms with van der Waals surface area (Å²) in [5, 5.41) is 0. The first-order valence-corrected chi connectivity index (χ1v) is 2.41. The van der Waals surface area contributed by atoms with Crippen LogP contribution in [0.4, 0.5) is 4.79 Å². The summed E-state index contributed by atoms with van der Waals surface area (Å²) in [4.78, 5) is 10.1. The summed E-state index contributed by atoms with van der Waals surface area (Å²) >= 11 is 3.24. The third-order valence-corrected chi connectivity index (χ3v) is 0.496. The summed E-state index contributed by atoms with van der Waals surface area (Å²) < 4.78 is 8.28. The van der Waals surface area contributed by atoms with E-state index < -0.39 is 6.09 Å². The van der Waals surface area contributed by atoms with Gasteiger partial charge in [-0.15, -0.1) is 0 Å². The number of ether oxygens (including phenoxy) is 1. The van der Waals surface area contributed by atoms with Crippen LogP contribution in [0.25, 0.3) is 0 Å². The molecule has 0 radical (unpaired) electrons. The lowest BCUT2D eigenvalue weighted by molar-refractivity contribution is 0.115. The molecule has 0 aromatic heterocycles. The smallest absolute Gasteiger partial charge is 0.432 e. The number of thiol groups is 1. The summed E-state index contributed by atoms with van der Waals surface area (Å²) in [7, 11) is 0. The van der Waals surface area contributed by atoms with Crippen LogP contribution in [-0.2, 0) is 9.02 Å². The number of rotatable bonds is 2. The van der Waals surface area contributed by atoms with Gasteiger partial charge < -0.3 is 4.74 Å². The van der Waals surface area contributed by atoms with Gasteiger partial charge in [-0.3, -0.25) is 0 Å². The van der Waals surface area contributed by atoms with E-state index in [2.05, 4.69) is 21.9 Å². The maximum atomic E-state index is 10.1. The standard InChI is InChI=1S/C3H7NO3S/c1-2-6-3(5)4-7-8/h8H,2H2,1H3,(H,4,5). The van der Waals surface area contributed by atoms with Crippen molar-refractivity contribution < 1.29 is 13.8 Å². The highest BCUT2D eigenvalue weighted by atomic mass is 32.1. The summed E-state index contributed by atoms with van der Waals surface area (Å²) in [6, 6.07) is 0. The number of nitrogens with one attached hydrogen (secondary N) is 1. The Morgan fingerprint density at radius 1 is 1.88 bits per heavy atom. The largest absolute Gasteiger partial charge is 0.448 e. The van der Waals surface area contributed by atoms with Crippen molar-refractivity contribution in [3.63, 3.8) is 0 Å². The summed E-state index contributed by atoms with van der Waals surface area (Å²) in [5.41, 5.74) is 1.85. The second-order valence-electron chi connectivity index (χ2n) is 0.914. The Morgan fingerprint density at radius 2 is 2.50 bits per heavy atom. The van der Waals surface area contributed by atoms with E-state index in [0.29, 0.717) is 6.61 Å². The van der Waals surface area contributed by atoms with Crippen molar-refractivity contribution in [2.24, 2.45) is 0 Å². The number of amides is 1. The fourth-order valence-electron chi connectivity index (χ4n) is 0.198. The van der Waals surface area contributed by atoms with E-state index >= 15 is 0 Å². The molecule has 0 aromatic rings. The Kier molecular flexibility index (Phi) is 4.48. The number of hydrogen-bond donors (Lipinski definition) is 2. The number of carbonyl (C=O) groups excluding carboxylic acids is 1. The lowest BCUT2D eigenvalue weighted by Crippen LogP contribution is -2.20. The van der Waals surface area contributed by atoms with Crippen molar-refractivity contribution in [2.45, 2.75) is 6.92 Å². The molecule has 1 amide bonds. The highest BCUT2D eigenvalue weighted by Gasteiger charge is 1.94. The number of hydrogen-bond acceptors (Lipinski definition) is 4. The molecule has 1 N–H and O–H groups in total. The van der Waals surface area contributed by atoms with Crippen LogP contribution in [0.3, 0.4) is 0 Å². The second-order valence-corrected chi connectivity index (χ2v) is 1.10. The minimum absolute atomic E-state index is 0.322. The van der Waals surface area contributed by atoms with Gasteiger partial charge in [-0.25, -0.2) is 9.08 Å². The Bertz CT molecular complexity index is 68.9. The monoisotopic (exact) mass is 137 g/mol. The Hall–Kier alpha value is -0.420. The fourth-order valence-corrected chi connectivity index (χ4v) is 0.272. The van der Waals surface area contributed by atoms with Gasteiger partial charge in [-0.1, -0.05) is 0 Å².